The lowest BCUT2D eigenvalue weighted by Gasteiger charge is -2.24. The fraction of sp³-hybridized carbons (Fsp3) is 1.00. The third kappa shape index (κ3) is 6.08. The van der Waals surface area contributed by atoms with Gasteiger partial charge in [0.1, 0.15) is 0 Å². The van der Waals surface area contributed by atoms with Crippen molar-refractivity contribution in [3.05, 3.63) is 0 Å². The minimum Gasteiger partial charge on any atom is -0.317 e. The van der Waals surface area contributed by atoms with Crippen LogP contribution in [0.2, 0.25) is 0 Å². The average molecular weight is 305 g/mol. The van der Waals surface area contributed by atoms with Crippen LogP contribution in [0.25, 0.3) is 0 Å². The molecule has 0 heterocycles. The highest BCUT2D eigenvalue weighted by Crippen LogP contribution is 2.27. The molecule has 0 aromatic carbocycles. The highest BCUT2D eigenvalue weighted by Gasteiger charge is 2.27. The minimum atomic E-state index is -3.33. The molecule has 120 valence electrons. The molecule has 6 heteroatoms. The predicted molar refractivity (Wildman–Crippen MR) is 83.9 cm³/mol. The zero-order valence-corrected chi connectivity index (χ0v) is 14.0. The van der Waals surface area contributed by atoms with Gasteiger partial charge < -0.3 is 5.32 Å². The number of rotatable bonds is 10. The predicted octanol–water partition coefficient (Wildman–Crippen LogP) is 1.72. The Balaban J connectivity index is 2.30. The molecule has 1 unspecified atom stereocenters. The van der Waals surface area contributed by atoms with Crippen molar-refractivity contribution in [1.82, 2.24) is 14.3 Å². The fourth-order valence-corrected chi connectivity index (χ4v) is 3.94. The minimum absolute atomic E-state index is 0.0446. The van der Waals surface area contributed by atoms with Crippen molar-refractivity contribution in [3.63, 3.8) is 0 Å². The van der Waals surface area contributed by atoms with Gasteiger partial charge in [-0.05, 0) is 51.6 Å². The fourth-order valence-electron chi connectivity index (χ4n) is 2.73. The smallest absolute Gasteiger partial charge is 0.279 e. The van der Waals surface area contributed by atoms with Gasteiger partial charge in [0, 0.05) is 19.6 Å². The first kappa shape index (κ1) is 17.9. The van der Waals surface area contributed by atoms with E-state index in [-0.39, 0.29) is 6.04 Å². The molecule has 1 saturated carbocycles. The second-order valence-corrected chi connectivity index (χ2v) is 7.69. The van der Waals surface area contributed by atoms with Crippen LogP contribution in [-0.2, 0) is 10.2 Å². The van der Waals surface area contributed by atoms with Crippen molar-refractivity contribution in [1.29, 1.82) is 0 Å². The summed E-state index contributed by atoms with van der Waals surface area (Å²) in [6.07, 6.45) is 6.71. The lowest BCUT2D eigenvalue weighted by molar-refractivity contribution is 0.394. The van der Waals surface area contributed by atoms with Crippen LogP contribution < -0.4 is 10.0 Å². The molecule has 0 aromatic heterocycles. The third-order valence-corrected chi connectivity index (χ3v) is 5.78. The maximum atomic E-state index is 12.2. The van der Waals surface area contributed by atoms with Crippen LogP contribution in [0.5, 0.6) is 0 Å². The van der Waals surface area contributed by atoms with Crippen LogP contribution in [-0.4, -0.2) is 45.4 Å². The molecule has 0 amide bonds. The van der Waals surface area contributed by atoms with Crippen molar-refractivity contribution in [2.45, 2.75) is 58.4 Å². The molecule has 1 fully saturated rings. The van der Waals surface area contributed by atoms with Crippen LogP contribution in [0, 0.1) is 5.92 Å². The van der Waals surface area contributed by atoms with E-state index in [0.29, 0.717) is 12.5 Å². The lowest BCUT2D eigenvalue weighted by Crippen LogP contribution is -2.45. The van der Waals surface area contributed by atoms with E-state index in [1.165, 1.54) is 17.1 Å². The van der Waals surface area contributed by atoms with Crippen LogP contribution in [0.1, 0.15) is 52.4 Å². The summed E-state index contributed by atoms with van der Waals surface area (Å²) in [4.78, 5) is 0. The SMILES string of the molecule is CCCNCCCN(C)S(=O)(=O)NC(C)C1CCCC1. The molecule has 1 aliphatic carbocycles. The first-order chi connectivity index (χ1) is 9.47. The molecular formula is C14H31N3O2S. The monoisotopic (exact) mass is 305 g/mol. The Morgan fingerprint density at radius 3 is 2.50 bits per heavy atom. The molecule has 2 N–H and O–H groups in total. The van der Waals surface area contributed by atoms with Crippen molar-refractivity contribution in [3.8, 4) is 0 Å². The Hall–Kier alpha value is -0.170. The largest absolute Gasteiger partial charge is 0.317 e. The molecule has 1 aliphatic rings. The van der Waals surface area contributed by atoms with Gasteiger partial charge in [0.15, 0.2) is 0 Å². The molecule has 0 aromatic rings. The van der Waals surface area contributed by atoms with Crippen molar-refractivity contribution in [2.24, 2.45) is 5.92 Å². The van der Waals surface area contributed by atoms with Gasteiger partial charge in [0.25, 0.3) is 10.2 Å². The second-order valence-electron chi connectivity index (χ2n) is 5.88. The van der Waals surface area contributed by atoms with Gasteiger partial charge in [-0.3, -0.25) is 0 Å². The summed E-state index contributed by atoms with van der Waals surface area (Å²) in [6, 6.07) is 0.0446. The summed E-state index contributed by atoms with van der Waals surface area (Å²) in [5.41, 5.74) is 0. The average Bonchev–Trinajstić information content (AvgIpc) is 2.91. The van der Waals surface area contributed by atoms with E-state index < -0.39 is 10.2 Å². The molecular weight excluding hydrogens is 274 g/mol. The van der Waals surface area contributed by atoms with Crippen molar-refractivity contribution >= 4 is 10.2 Å². The number of nitrogens with zero attached hydrogens (tertiary/aromatic N) is 1. The Kier molecular flexibility index (Phi) is 8.02. The molecule has 20 heavy (non-hydrogen) atoms. The normalized spacial score (nSPS) is 18.8. The van der Waals surface area contributed by atoms with Crippen LogP contribution in [0.4, 0.5) is 0 Å². The zero-order valence-electron chi connectivity index (χ0n) is 13.2. The first-order valence-corrected chi connectivity index (χ1v) is 9.35. The van der Waals surface area contributed by atoms with E-state index >= 15 is 0 Å². The van der Waals surface area contributed by atoms with Gasteiger partial charge in [-0.2, -0.15) is 17.4 Å². The molecule has 0 radical (unpaired) electrons. The van der Waals surface area contributed by atoms with Gasteiger partial charge in [-0.15, -0.1) is 0 Å². The Bertz CT molecular complexity index is 353. The first-order valence-electron chi connectivity index (χ1n) is 7.91. The molecule has 0 bridgehead atoms. The van der Waals surface area contributed by atoms with Gasteiger partial charge in [0.05, 0.1) is 0 Å². The molecule has 1 atom stereocenters. The van der Waals surface area contributed by atoms with E-state index in [4.69, 9.17) is 0 Å². The summed E-state index contributed by atoms with van der Waals surface area (Å²) in [6.45, 7) is 6.53. The summed E-state index contributed by atoms with van der Waals surface area (Å²) < 4.78 is 28.7. The summed E-state index contributed by atoms with van der Waals surface area (Å²) in [7, 11) is -1.68. The van der Waals surface area contributed by atoms with E-state index in [9.17, 15) is 8.42 Å². The highest BCUT2D eigenvalue weighted by molar-refractivity contribution is 7.87. The Labute approximate surface area is 124 Å². The van der Waals surface area contributed by atoms with Gasteiger partial charge >= 0.3 is 0 Å². The molecule has 5 nitrogen and oxygen atoms in total. The topological polar surface area (TPSA) is 61.4 Å². The van der Waals surface area contributed by atoms with Crippen LogP contribution >= 0.6 is 0 Å². The standard InChI is InChI=1S/C14H31N3O2S/c1-4-10-15-11-7-12-17(3)20(18,19)16-13(2)14-8-5-6-9-14/h13-16H,4-12H2,1-3H3. The van der Waals surface area contributed by atoms with E-state index in [1.807, 2.05) is 6.92 Å². The number of nitrogens with one attached hydrogen (secondary N) is 2. The quantitative estimate of drug-likeness (QED) is 0.604. The van der Waals surface area contributed by atoms with Crippen LogP contribution in [0.3, 0.4) is 0 Å². The van der Waals surface area contributed by atoms with Crippen molar-refractivity contribution < 1.29 is 8.42 Å². The summed E-state index contributed by atoms with van der Waals surface area (Å²) >= 11 is 0. The molecule has 0 spiro atoms. The van der Waals surface area contributed by atoms with E-state index in [1.54, 1.807) is 7.05 Å². The van der Waals surface area contributed by atoms with E-state index in [0.717, 1.165) is 38.8 Å². The molecule has 0 saturated heterocycles. The summed E-state index contributed by atoms with van der Waals surface area (Å²) in [5.74, 6) is 0.504. The highest BCUT2D eigenvalue weighted by atomic mass is 32.2. The maximum Gasteiger partial charge on any atom is 0.279 e. The van der Waals surface area contributed by atoms with Crippen LogP contribution in [0.15, 0.2) is 0 Å². The summed E-state index contributed by atoms with van der Waals surface area (Å²) in [5, 5.41) is 3.29. The lowest BCUT2D eigenvalue weighted by atomic mass is 10.0. The van der Waals surface area contributed by atoms with Gasteiger partial charge in [0.2, 0.25) is 0 Å². The number of hydrogen-bond acceptors (Lipinski definition) is 3. The van der Waals surface area contributed by atoms with Crippen molar-refractivity contribution in [2.75, 3.05) is 26.7 Å². The Morgan fingerprint density at radius 1 is 1.25 bits per heavy atom. The molecule has 0 aliphatic heterocycles. The zero-order chi connectivity index (χ0) is 15.0. The second kappa shape index (κ2) is 8.97. The maximum absolute atomic E-state index is 12.2. The molecule has 1 rings (SSSR count). The Morgan fingerprint density at radius 2 is 1.90 bits per heavy atom. The third-order valence-electron chi connectivity index (χ3n) is 4.11. The number of hydrogen-bond donors (Lipinski definition) is 2. The van der Waals surface area contributed by atoms with Gasteiger partial charge in [-0.1, -0.05) is 19.8 Å². The van der Waals surface area contributed by atoms with Gasteiger partial charge in [-0.25, -0.2) is 0 Å². The van der Waals surface area contributed by atoms with E-state index in [2.05, 4.69) is 17.0 Å².